The quantitative estimate of drug-likeness (QED) is 0.733. The van der Waals surface area contributed by atoms with Gasteiger partial charge >= 0.3 is 0 Å². The molecule has 1 saturated heterocycles. The molecule has 0 amide bonds. The van der Waals surface area contributed by atoms with Crippen LogP contribution in [0.5, 0.6) is 0 Å². The first-order chi connectivity index (χ1) is 8.13. The van der Waals surface area contributed by atoms with Crippen LogP contribution in [0, 0.1) is 11.7 Å². The third-order valence-electron chi connectivity index (χ3n) is 3.80. The molecule has 0 spiro atoms. The number of benzene rings is 1. The molecule has 1 aliphatic rings. The molecule has 1 aromatic carbocycles. The number of rotatable bonds is 2. The van der Waals surface area contributed by atoms with Crippen LogP contribution in [0.1, 0.15) is 37.0 Å². The van der Waals surface area contributed by atoms with Crippen molar-refractivity contribution in [2.24, 2.45) is 5.92 Å². The topological polar surface area (TPSA) is 20.3 Å². The molecule has 3 heteroatoms. The van der Waals surface area contributed by atoms with Gasteiger partial charge in [-0.05, 0) is 43.9 Å². The summed E-state index contributed by atoms with van der Waals surface area (Å²) in [6.07, 6.45) is 3.08. The van der Waals surface area contributed by atoms with Crippen LogP contribution < -0.4 is 4.90 Å². The Hall–Kier alpha value is -1.38. The SMILES string of the molecule is CC1CCCN(c2ccc(F)cc2C=O)C1C. The molecule has 0 saturated carbocycles. The number of halogens is 1. The molecule has 2 unspecified atom stereocenters. The van der Waals surface area contributed by atoms with Gasteiger partial charge in [0.05, 0.1) is 0 Å². The lowest BCUT2D eigenvalue weighted by Gasteiger charge is -2.40. The van der Waals surface area contributed by atoms with Gasteiger partial charge < -0.3 is 4.90 Å². The Bertz CT molecular complexity index is 419. The highest BCUT2D eigenvalue weighted by Crippen LogP contribution is 2.30. The highest BCUT2D eigenvalue weighted by molar-refractivity contribution is 5.84. The van der Waals surface area contributed by atoms with E-state index in [1.54, 1.807) is 6.07 Å². The van der Waals surface area contributed by atoms with E-state index in [2.05, 4.69) is 18.7 Å². The molecule has 92 valence electrons. The number of aldehydes is 1. The van der Waals surface area contributed by atoms with Gasteiger partial charge in [0.2, 0.25) is 0 Å². The molecule has 1 aromatic rings. The second-order valence-corrected chi connectivity index (χ2v) is 4.87. The number of nitrogens with zero attached hydrogens (tertiary/aromatic N) is 1. The zero-order chi connectivity index (χ0) is 12.4. The Balaban J connectivity index is 2.35. The Morgan fingerprint density at radius 2 is 2.18 bits per heavy atom. The van der Waals surface area contributed by atoms with Gasteiger partial charge in [0.1, 0.15) is 5.82 Å². The van der Waals surface area contributed by atoms with E-state index in [0.717, 1.165) is 24.9 Å². The van der Waals surface area contributed by atoms with Crippen LogP contribution in [0.4, 0.5) is 10.1 Å². The lowest BCUT2D eigenvalue weighted by Crippen LogP contribution is -2.42. The summed E-state index contributed by atoms with van der Waals surface area (Å²) in [5.74, 6) is 0.252. The fraction of sp³-hybridized carbons (Fsp3) is 0.500. The van der Waals surface area contributed by atoms with Gasteiger partial charge in [-0.3, -0.25) is 4.79 Å². The van der Waals surface area contributed by atoms with E-state index in [9.17, 15) is 9.18 Å². The van der Waals surface area contributed by atoms with Gasteiger partial charge in [-0.25, -0.2) is 4.39 Å². The highest BCUT2D eigenvalue weighted by Gasteiger charge is 2.26. The molecule has 0 bridgehead atoms. The van der Waals surface area contributed by atoms with Crippen molar-refractivity contribution in [3.05, 3.63) is 29.6 Å². The van der Waals surface area contributed by atoms with Crippen LogP contribution in [0.25, 0.3) is 0 Å². The van der Waals surface area contributed by atoms with E-state index in [4.69, 9.17) is 0 Å². The normalized spacial score (nSPS) is 24.8. The van der Waals surface area contributed by atoms with E-state index in [1.165, 1.54) is 18.6 Å². The number of carbonyl (C=O) groups is 1. The summed E-state index contributed by atoms with van der Waals surface area (Å²) in [4.78, 5) is 13.2. The number of piperidine rings is 1. The molecule has 2 rings (SSSR count). The van der Waals surface area contributed by atoms with Crippen molar-refractivity contribution in [1.82, 2.24) is 0 Å². The van der Waals surface area contributed by atoms with Crippen molar-refractivity contribution >= 4 is 12.0 Å². The minimum Gasteiger partial charge on any atom is -0.368 e. The van der Waals surface area contributed by atoms with Gasteiger partial charge in [0.25, 0.3) is 0 Å². The average molecular weight is 235 g/mol. The fourth-order valence-electron chi connectivity index (χ4n) is 2.56. The van der Waals surface area contributed by atoms with E-state index < -0.39 is 0 Å². The highest BCUT2D eigenvalue weighted by atomic mass is 19.1. The number of carbonyl (C=O) groups excluding carboxylic acids is 1. The molecule has 17 heavy (non-hydrogen) atoms. The number of anilines is 1. The first-order valence-corrected chi connectivity index (χ1v) is 6.15. The Kier molecular flexibility index (Phi) is 3.46. The van der Waals surface area contributed by atoms with Gasteiger partial charge in [0.15, 0.2) is 6.29 Å². The van der Waals surface area contributed by atoms with E-state index >= 15 is 0 Å². The van der Waals surface area contributed by atoms with Crippen molar-refractivity contribution in [3.63, 3.8) is 0 Å². The first kappa shape index (κ1) is 12.1. The van der Waals surface area contributed by atoms with Crippen molar-refractivity contribution in [2.75, 3.05) is 11.4 Å². The summed E-state index contributed by atoms with van der Waals surface area (Å²) in [5.41, 5.74) is 1.31. The molecular formula is C14H18FNO. The average Bonchev–Trinajstić information content (AvgIpc) is 2.33. The van der Waals surface area contributed by atoms with E-state index in [1.807, 2.05) is 0 Å². The maximum absolute atomic E-state index is 13.1. The van der Waals surface area contributed by atoms with Crippen molar-refractivity contribution < 1.29 is 9.18 Å². The van der Waals surface area contributed by atoms with Crippen molar-refractivity contribution in [1.29, 1.82) is 0 Å². The summed E-state index contributed by atoms with van der Waals surface area (Å²) < 4.78 is 13.1. The zero-order valence-electron chi connectivity index (χ0n) is 10.3. The van der Waals surface area contributed by atoms with Crippen molar-refractivity contribution in [2.45, 2.75) is 32.7 Å². The second kappa shape index (κ2) is 4.86. The van der Waals surface area contributed by atoms with Crippen LogP contribution in [-0.2, 0) is 0 Å². The summed E-state index contributed by atoms with van der Waals surface area (Å²) in [6.45, 7) is 5.33. The largest absolute Gasteiger partial charge is 0.368 e. The van der Waals surface area contributed by atoms with E-state index in [0.29, 0.717) is 17.5 Å². The molecular weight excluding hydrogens is 217 g/mol. The Morgan fingerprint density at radius 3 is 2.88 bits per heavy atom. The minimum atomic E-state index is -0.353. The van der Waals surface area contributed by atoms with Crippen LogP contribution in [0.15, 0.2) is 18.2 Å². The summed E-state index contributed by atoms with van der Waals surface area (Å²) >= 11 is 0. The molecule has 1 aliphatic heterocycles. The Morgan fingerprint density at radius 1 is 1.41 bits per heavy atom. The number of hydrogen-bond donors (Lipinski definition) is 0. The van der Waals surface area contributed by atoms with Crippen LogP contribution in [-0.4, -0.2) is 18.9 Å². The minimum absolute atomic E-state index is 0.353. The maximum atomic E-state index is 13.1. The number of hydrogen-bond acceptors (Lipinski definition) is 2. The standard InChI is InChI=1S/C14H18FNO/c1-10-4-3-7-16(11(10)2)14-6-5-13(15)8-12(14)9-17/h5-6,8-11H,3-4,7H2,1-2H3. The lowest BCUT2D eigenvalue weighted by atomic mass is 9.91. The van der Waals surface area contributed by atoms with Crippen LogP contribution in [0.3, 0.4) is 0 Å². The second-order valence-electron chi connectivity index (χ2n) is 4.87. The van der Waals surface area contributed by atoms with Crippen molar-refractivity contribution in [3.8, 4) is 0 Å². The monoisotopic (exact) mass is 235 g/mol. The molecule has 0 aliphatic carbocycles. The lowest BCUT2D eigenvalue weighted by molar-refractivity contribution is 0.112. The fourth-order valence-corrected chi connectivity index (χ4v) is 2.56. The van der Waals surface area contributed by atoms with Gasteiger partial charge in [0, 0.05) is 23.8 Å². The predicted octanol–water partition coefficient (Wildman–Crippen LogP) is 3.26. The zero-order valence-corrected chi connectivity index (χ0v) is 10.3. The third-order valence-corrected chi connectivity index (χ3v) is 3.80. The molecule has 1 heterocycles. The smallest absolute Gasteiger partial charge is 0.152 e. The summed E-state index contributed by atoms with van der Waals surface area (Å²) in [6, 6.07) is 4.85. The molecule has 0 N–H and O–H groups in total. The van der Waals surface area contributed by atoms with Gasteiger partial charge in [-0.15, -0.1) is 0 Å². The maximum Gasteiger partial charge on any atom is 0.152 e. The van der Waals surface area contributed by atoms with Gasteiger partial charge in [-0.1, -0.05) is 6.92 Å². The predicted molar refractivity (Wildman–Crippen MR) is 67.0 cm³/mol. The summed E-state index contributed by atoms with van der Waals surface area (Å²) in [7, 11) is 0. The molecule has 0 aromatic heterocycles. The van der Waals surface area contributed by atoms with Crippen LogP contribution in [0.2, 0.25) is 0 Å². The molecule has 2 nitrogen and oxygen atoms in total. The molecule has 0 radical (unpaired) electrons. The third kappa shape index (κ3) is 2.33. The summed E-state index contributed by atoms with van der Waals surface area (Å²) in [5, 5.41) is 0. The van der Waals surface area contributed by atoms with E-state index in [-0.39, 0.29) is 5.82 Å². The van der Waals surface area contributed by atoms with Crippen LogP contribution >= 0.6 is 0 Å². The first-order valence-electron chi connectivity index (χ1n) is 6.15. The van der Waals surface area contributed by atoms with Gasteiger partial charge in [-0.2, -0.15) is 0 Å². The molecule has 1 fully saturated rings. The molecule has 2 atom stereocenters. The Labute approximate surface area is 101 Å².